The van der Waals surface area contributed by atoms with Gasteiger partial charge in [0.1, 0.15) is 22.9 Å². The molecule has 1 atom stereocenters. The van der Waals surface area contributed by atoms with Gasteiger partial charge in [0.15, 0.2) is 6.10 Å². The quantitative estimate of drug-likeness (QED) is 0.881. The first-order chi connectivity index (χ1) is 10.4. The molecule has 0 spiro atoms. The number of aryl methyl sites for hydroxylation is 2. The second-order valence-electron chi connectivity index (χ2n) is 4.87. The lowest BCUT2D eigenvalue weighted by Gasteiger charge is -2.13. The number of nitrogens with one attached hydrogen (secondary N) is 1. The zero-order valence-electron chi connectivity index (χ0n) is 12.5. The number of ether oxygens (including phenoxy) is 1. The van der Waals surface area contributed by atoms with Gasteiger partial charge in [-0.1, -0.05) is 0 Å². The van der Waals surface area contributed by atoms with Crippen LogP contribution in [-0.2, 0) is 9.53 Å². The second kappa shape index (κ2) is 6.43. The summed E-state index contributed by atoms with van der Waals surface area (Å²) in [5, 5.41) is 2.54. The van der Waals surface area contributed by atoms with Crippen LogP contribution in [0.2, 0.25) is 0 Å². The highest BCUT2D eigenvalue weighted by Crippen LogP contribution is 2.16. The second-order valence-corrected chi connectivity index (χ2v) is 4.87. The molecular weight excluding hydrogens is 289 g/mol. The van der Waals surface area contributed by atoms with E-state index in [1.165, 1.54) is 31.2 Å². The standard InChI is InChI=1S/C16H16FNO4/c1-9-8-14(10(2)21-9)16(20)22-11(3)15(19)18-13-6-4-12(17)5-7-13/h4-8,11H,1-3H3,(H,18,19)/t11-/m1/s1. The highest BCUT2D eigenvalue weighted by Gasteiger charge is 2.22. The van der Waals surface area contributed by atoms with Crippen LogP contribution in [0.3, 0.4) is 0 Å². The Bertz CT molecular complexity index is 691. The molecule has 22 heavy (non-hydrogen) atoms. The molecule has 116 valence electrons. The van der Waals surface area contributed by atoms with Crippen molar-refractivity contribution in [1.82, 2.24) is 0 Å². The fraction of sp³-hybridized carbons (Fsp3) is 0.250. The maximum atomic E-state index is 12.8. The van der Waals surface area contributed by atoms with E-state index in [4.69, 9.17) is 9.15 Å². The molecule has 0 bridgehead atoms. The molecule has 1 aromatic heterocycles. The van der Waals surface area contributed by atoms with Crippen molar-refractivity contribution in [2.75, 3.05) is 5.32 Å². The zero-order chi connectivity index (χ0) is 16.3. The van der Waals surface area contributed by atoms with Crippen molar-refractivity contribution in [1.29, 1.82) is 0 Å². The predicted molar refractivity (Wildman–Crippen MR) is 78.1 cm³/mol. The van der Waals surface area contributed by atoms with Crippen LogP contribution < -0.4 is 5.32 Å². The van der Waals surface area contributed by atoms with Gasteiger partial charge in [-0.3, -0.25) is 4.79 Å². The van der Waals surface area contributed by atoms with Gasteiger partial charge in [0.2, 0.25) is 0 Å². The highest BCUT2D eigenvalue weighted by molar-refractivity contribution is 5.97. The average Bonchev–Trinajstić information content (AvgIpc) is 2.80. The van der Waals surface area contributed by atoms with Crippen LogP contribution in [0.1, 0.15) is 28.8 Å². The van der Waals surface area contributed by atoms with Crippen LogP contribution in [-0.4, -0.2) is 18.0 Å². The number of esters is 1. The maximum Gasteiger partial charge on any atom is 0.342 e. The number of furan rings is 1. The summed E-state index contributed by atoms with van der Waals surface area (Å²) >= 11 is 0. The van der Waals surface area contributed by atoms with E-state index in [1.807, 2.05) is 0 Å². The molecule has 0 saturated heterocycles. The summed E-state index contributed by atoms with van der Waals surface area (Å²) in [6, 6.07) is 6.85. The van der Waals surface area contributed by atoms with Crippen molar-refractivity contribution in [2.24, 2.45) is 0 Å². The molecule has 0 fully saturated rings. The van der Waals surface area contributed by atoms with E-state index < -0.39 is 23.8 Å². The Morgan fingerprint density at radius 1 is 1.23 bits per heavy atom. The lowest BCUT2D eigenvalue weighted by molar-refractivity contribution is -0.123. The largest absolute Gasteiger partial charge is 0.466 e. The molecule has 0 aliphatic carbocycles. The summed E-state index contributed by atoms with van der Waals surface area (Å²) in [7, 11) is 0. The van der Waals surface area contributed by atoms with E-state index in [0.29, 0.717) is 22.8 Å². The van der Waals surface area contributed by atoms with E-state index in [2.05, 4.69) is 5.32 Å². The summed E-state index contributed by atoms with van der Waals surface area (Å²) in [5.74, 6) is -0.501. The smallest absolute Gasteiger partial charge is 0.342 e. The minimum absolute atomic E-state index is 0.291. The number of halogens is 1. The van der Waals surface area contributed by atoms with Gasteiger partial charge in [0.25, 0.3) is 5.91 Å². The summed E-state index contributed by atoms with van der Waals surface area (Å²) in [6.07, 6.45) is -0.993. The Hall–Kier alpha value is -2.63. The predicted octanol–water partition coefficient (Wildman–Crippen LogP) is 3.22. The normalized spacial score (nSPS) is 11.8. The van der Waals surface area contributed by atoms with Crippen molar-refractivity contribution in [3.05, 3.63) is 53.2 Å². The van der Waals surface area contributed by atoms with Gasteiger partial charge in [-0.15, -0.1) is 0 Å². The van der Waals surface area contributed by atoms with E-state index in [-0.39, 0.29) is 0 Å². The van der Waals surface area contributed by atoms with E-state index in [9.17, 15) is 14.0 Å². The van der Waals surface area contributed by atoms with Crippen molar-refractivity contribution < 1.29 is 23.1 Å². The van der Waals surface area contributed by atoms with Crippen LogP contribution in [0.25, 0.3) is 0 Å². The molecule has 1 aromatic carbocycles. The number of carbonyl (C=O) groups excluding carboxylic acids is 2. The summed E-state index contributed by atoms with van der Waals surface area (Å²) < 4.78 is 23.1. The molecule has 2 aromatic rings. The van der Waals surface area contributed by atoms with Crippen molar-refractivity contribution in [3.63, 3.8) is 0 Å². The van der Waals surface area contributed by atoms with Crippen LogP contribution in [0, 0.1) is 19.7 Å². The first kappa shape index (κ1) is 15.8. The molecule has 0 aliphatic heterocycles. The third kappa shape index (κ3) is 3.72. The number of rotatable bonds is 4. The molecule has 2 rings (SSSR count). The first-order valence-corrected chi connectivity index (χ1v) is 6.71. The zero-order valence-corrected chi connectivity index (χ0v) is 12.5. The lowest BCUT2D eigenvalue weighted by atomic mass is 10.2. The molecule has 5 nitrogen and oxygen atoms in total. The van der Waals surface area contributed by atoms with Crippen LogP contribution >= 0.6 is 0 Å². The number of benzene rings is 1. The Morgan fingerprint density at radius 2 is 1.86 bits per heavy atom. The Balaban J connectivity index is 1.97. The van der Waals surface area contributed by atoms with Crippen LogP contribution in [0.5, 0.6) is 0 Å². The Kier molecular flexibility index (Phi) is 4.60. The number of anilines is 1. The van der Waals surface area contributed by atoms with Gasteiger partial charge in [-0.05, 0) is 51.1 Å². The number of carbonyl (C=O) groups is 2. The van der Waals surface area contributed by atoms with Crippen LogP contribution in [0.15, 0.2) is 34.7 Å². The van der Waals surface area contributed by atoms with Crippen molar-refractivity contribution >= 4 is 17.6 Å². The third-order valence-electron chi connectivity index (χ3n) is 3.03. The molecule has 1 heterocycles. The molecule has 0 unspecified atom stereocenters. The molecule has 1 amide bonds. The van der Waals surface area contributed by atoms with Gasteiger partial charge in [0.05, 0.1) is 0 Å². The third-order valence-corrected chi connectivity index (χ3v) is 3.03. The molecule has 6 heteroatoms. The topological polar surface area (TPSA) is 68.5 Å². The van der Waals surface area contributed by atoms with Gasteiger partial charge in [-0.25, -0.2) is 9.18 Å². The summed E-state index contributed by atoms with van der Waals surface area (Å²) in [4.78, 5) is 23.9. The summed E-state index contributed by atoms with van der Waals surface area (Å²) in [5.41, 5.74) is 0.712. The fourth-order valence-corrected chi connectivity index (χ4v) is 1.89. The van der Waals surface area contributed by atoms with Gasteiger partial charge in [-0.2, -0.15) is 0 Å². The molecule has 0 radical (unpaired) electrons. The van der Waals surface area contributed by atoms with Crippen molar-refractivity contribution in [2.45, 2.75) is 26.9 Å². The van der Waals surface area contributed by atoms with Crippen molar-refractivity contribution in [3.8, 4) is 0 Å². The molecule has 0 aliphatic rings. The minimum atomic E-state index is -0.993. The Morgan fingerprint density at radius 3 is 2.41 bits per heavy atom. The fourth-order valence-electron chi connectivity index (χ4n) is 1.89. The highest BCUT2D eigenvalue weighted by atomic mass is 19.1. The van der Waals surface area contributed by atoms with E-state index in [1.54, 1.807) is 19.9 Å². The molecular formula is C16H16FNO4. The van der Waals surface area contributed by atoms with E-state index >= 15 is 0 Å². The monoisotopic (exact) mass is 305 g/mol. The SMILES string of the molecule is Cc1cc(C(=O)O[C@H](C)C(=O)Nc2ccc(F)cc2)c(C)o1. The molecule has 0 saturated carbocycles. The number of amides is 1. The van der Waals surface area contributed by atoms with Gasteiger partial charge < -0.3 is 14.5 Å². The van der Waals surface area contributed by atoms with Gasteiger partial charge in [0, 0.05) is 5.69 Å². The average molecular weight is 305 g/mol. The van der Waals surface area contributed by atoms with Gasteiger partial charge >= 0.3 is 5.97 Å². The number of hydrogen-bond acceptors (Lipinski definition) is 4. The minimum Gasteiger partial charge on any atom is -0.466 e. The van der Waals surface area contributed by atoms with Crippen LogP contribution in [0.4, 0.5) is 10.1 Å². The Labute approximate surface area is 127 Å². The first-order valence-electron chi connectivity index (χ1n) is 6.71. The number of hydrogen-bond donors (Lipinski definition) is 1. The molecule has 1 N–H and O–H groups in total. The summed E-state index contributed by atoms with van der Waals surface area (Å²) in [6.45, 7) is 4.82. The maximum absolute atomic E-state index is 12.8. The lowest BCUT2D eigenvalue weighted by Crippen LogP contribution is -2.30. The van der Waals surface area contributed by atoms with E-state index in [0.717, 1.165) is 0 Å².